The Hall–Kier alpha value is -1.40. The third-order valence-electron chi connectivity index (χ3n) is 2.15. The van der Waals surface area contributed by atoms with Gasteiger partial charge in [-0.15, -0.1) is 22.9 Å². The van der Waals surface area contributed by atoms with E-state index in [-0.39, 0.29) is 17.8 Å². The Kier molecular flexibility index (Phi) is 3.75. The molecule has 0 aliphatic heterocycles. The van der Waals surface area contributed by atoms with Crippen LogP contribution >= 0.6 is 22.9 Å². The van der Waals surface area contributed by atoms with E-state index < -0.39 is 0 Å². The van der Waals surface area contributed by atoms with Crippen molar-refractivity contribution in [3.05, 3.63) is 23.3 Å². The SMILES string of the molecule is CC(NC(=O)CCl)c1nc(-c2cccs2)n[nH]1. The zero-order chi connectivity index (χ0) is 12.3. The number of H-pyrrole nitrogens is 1. The number of carbonyl (C=O) groups is 1. The van der Waals surface area contributed by atoms with Crippen LogP contribution in [0.15, 0.2) is 17.5 Å². The number of alkyl halides is 1. The number of amides is 1. The summed E-state index contributed by atoms with van der Waals surface area (Å²) >= 11 is 6.98. The first-order valence-electron chi connectivity index (χ1n) is 5.02. The van der Waals surface area contributed by atoms with E-state index in [1.807, 2.05) is 24.4 Å². The molecule has 0 aromatic carbocycles. The molecule has 2 aromatic rings. The van der Waals surface area contributed by atoms with Gasteiger partial charge in [0.15, 0.2) is 5.82 Å². The summed E-state index contributed by atoms with van der Waals surface area (Å²) in [5, 5.41) is 11.6. The Labute approximate surface area is 107 Å². The number of hydrogen-bond acceptors (Lipinski definition) is 4. The number of rotatable bonds is 4. The Balaban J connectivity index is 2.10. The molecule has 0 aliphatic rings. The van der Waals surface area contributed by atoms with Crippen LogP contribution in [0.1, 0.15) is 18.8 Å². The normalized spacial score (nSPS) is 12.4. The molecular formula is C10H11ClN4OS. The van der Waals surface area contributed by atoms with E-state index in [0.29, 0.717) is 11.6 Å². The van der Waals surface area contributed by atoms with E-state index in [4.69, 9.17) is 11.6 Å². The van der Waals surface area contributed by atoms with Gasteiger partial charge in [0.05, 0.1) is 10.9 Å². The second-order valence-corrected chi connectivity index (χ2v) is 4.66. The van der Waals surface area contributed by atoms with Crippen molar-refractivity contribution >= 4 is 28.8 Å². The molecule has 5 nitrogen and oxygen atoms in total. The summed E-state index contributed by atoms with van der Waals surface area (Å²) in [7, 11) is 0. The van der Waals surface area contributed by atoms with Crippen LogP contribution in [0.2, 0.25) is 0 Å². The van der Waals surface area contributed by atoms with E-state index in [1.165, 1.54) is 0 Å². The van der Waals surface area contributed by atoms with Crippen LogP contribution < -0.4 is 5.32 Å². The fourth-order valence-corrected chi connectivity index (χ4v) is 2.07. The van der Waals surface area contributed by atoms with Crippen molar-refractivity contribution in [1.29, 1.82) is 0 Å². The maximum atomic E-state index is 11.1. The molecule has 7 heteroatoms. The second kappa shape index (κ2) is 5.29. The van der Waals surface area contributed by atoms with Crippen molar-refractivity contribution < 1.29 is 4.79 Å². The average molecular weight is 271 g/mol. The van der Waals surface area contributed by atoms with E-state index in [9.17, 15) is 4.79 Å². The monoisotopic (exact) mass is 270 g/mol. The summed E-state index contributed by atoms with van der Waals surface area (Å²) in [5.41, 5.74) is 0. The number of aromatic nitrogens is 3. The summed E-state index contributed by atoms with van der Waals surface area (Å²) in [6.45, 7) is 1.82. The lowest BCUT2D eigenvalue weighted by Gasteiger charge is -2.08. The van der Waals surface area contributed by atoms with Gasteiger partial charge in [-0.1, -0.05) is 6.07 Å². The summed E-state index contributed by atoms with van der Waals surface area (Å²) in [4.78, 5) is 16.4. The van der Waals surface area contributed by atoms with Crippen LogP contribution in [-0.2, 0) is 4.79 Å². The topological polar surface area (TPSA) is 70.7 Å². The molecule has 2 rings (SSSR count). The predicted octanol–water partition coefficient (Wildman–Crippen LogP) is 1.95. The molecule has 0 fully saturated rings. The Morgan fingerprint density at radius 2 is 2.53 bits per heavy atom. The van der Waals surface area contributed by atoms with Gasteiger partial charge in [0.1, 0.15) is 11.7 Å². The molecular weight excluding hydrogens is 260 g/mol. The van der Waals surface area contributed by atoms with Gasteiger partial charge in [-0.05, 0) is 18.4 Å². The minimum absolute atomic E-state index is 0.0593. The lowest BCUT2D eigenvalue weighted by molar-refractivity contribution is -0.119. The summed E-state index contributed by atoms with van der Waals surface area (Å²) in [6, 6.07) is 3.65. The Morgan fingerprint density at radius 1 is 1.71 bits per heavy atom. The first-order chi connectivity index (χ1) is 8.20. The molecule has 0 spiro atoms. The summed E-state index contributed by atoms with van der Waals surface area (Å²) in [6.07, 6.45) is 0. The van der Waals surface area contributed by atoms with Crippen molar-refractivity contribution in [2.45, 2.75) is 13.0 Å². The van der Waals surface area contributed by atoms with Gasteiger partial charge >= 0.3 is 0 Å². The highest BCUT2D eigenvalue weighted by molar-refractivity contribution is 7.13. The first kappa shape index (κ1) is 12.1. The summed E-state index contributed by atoms with van der Waals surface area (Å²) < 4.78 is 0. The molecule has 1 unspecified atom stereocenters. The largest absolute Gasteiger partial charge is 0.345 e. The molecule has 0 saturated carbocycles. The molecule has 1 amide bonds. The predicted molar refractivity (Wildman–Crippen MR) is 67.0 cm³/mol. The molecule has 0 radical (unpaired) electrons. The second-order valence-electron chi connectivity index (χ2n) is 3.44. The maximum absolute atomic E-state index is 11.1. The molecule has 0 saturated heterocycles. The number of hydrogen-bond donors (Lipinski definition) is 2. The van der Waals surface area contributed by atoms with Crippen molar-refractivity contribution in [2.75, 3.05) is 5.88 Å². The molecule has 2 aromatic heterocycles. The Bertz CT molecular complexity index is 496. The molecule has 90 valence electrons. The number of aromatic amines is 1. The van der Waals surface area contributed by atoms with Gasteiger partial charge in [-0.25, -0.2) is 4.98 Å². The minimum atomic E-state index is -0.234. The molecule has 0 aliphatic carbocycles. The lowest BCUT2D eigenvalue weighted by atomic mass is 10.3. The third kappa shape index (κ3) is 2.83. The van der Waals surface area contributed by atoms with Crippen LogP contribution in [-0.4, -0.2) is 27.0 Å². The molecule has 2 heterocycles. The number of nitrogens with one attached hydrogen (secondary N) is 2. The van der Waals surface area contributed by atoms with Gasteiger partial charge in [0, 0.05) is 0 Å². The smallest absolute Gasteiger partial charge is 0.235 e. The first-order valence-corrected chi connectivity index (χ1v) is 6.43. The van der Waals surface area contributed by atoms with Crippen LogP contribution in [0, 0.1) is 0 Å². The minimum Gasteiger partial charge on any atom is -0.345 e. The quantitative estimate of drug-likeness (QED) is 0.834. The highest BCUT2D eigenvalue weighted by Crippen LogP contribution is 2.21. The van der Waals surface area contributed by atoms with Gasteiger partial charge in [0.2, 0.25) is 5.91 Å². The molecule has 17 heavy (non-hydrogen) atoms. The lowest BCUT2D eigenvalue weighted by Crippen LogP contribution is -2.28. The van der Waals surface area contributed by atoms with E-state index in [1.54, 1.807) is 11.3 Å². The van der Waals surface area contributed by atoms with Crippen LogP contribution in [0.3, 0.4) is 0 Å². The van der Waals surface area contributed by atoms with Crippen molar-refractivity contribution in [3.63, 3.8) is 0 Å². The van der Waals surface area contributed by atoms with Gasteiger partial charge in [-0.3, -0.25) is 9.89 Å². The zero-order valence-corrected chi connectivity index (χ0v) is 10.7. The van der Waals surface area contributed by atoms with Crippen LogP contribution in [0.5, 0.6) is 0 Å². The van der Waals surface area contributed by atoms with Gasteiger partial charge in [-0.2, -0.15) is 5.10 Å². The number of carbonyl (C=O) groups excluding carboxylic acids is 1. The molecule has 1 atom stereocenters. The van der Waals surface area contributed by atoms with Crippen molar-refractivity contribution in [3.8, 4) is 10.7 Å². The van der Waals surface area contributed by atoms with Crippen molar-refractivity contribution in [2.24, 2.45) is 0 Å². The maximum Gasteiger partial charge on any atom is 0.235 e. The molecule has 0 bridgehead atoms. The van der Waals surface area contributed by atoms with E-state index in [0.717, 1.165) is 4.88 Å². The average Bonchev–Trinajstić information content (AvgIpc) is 2.98. The van der Waals surface area contributed by atoms with Crippen LogP contribution in [0.25, 0.3) is 10.7 Å². The van der Waals surface area contributed by atoms with Gasteiger partial charge in [0.25, 0.3) is 0 Å². The molecule has 2 N–H and O–H groups in total. The highest BCUT2D eigenvalue weighted by atomic mass is 35.5. The van der Waals surface area contributed by atoms with Crippen LogP contribution in [0.4, 0.5) is 0 Å². The third-order valence-corrected chi connectivity index (χ3v) is 3.26. The van der Waals surface area contributed by atoms with E-state index >= 15 is 0 Å². The fraction of sp³-hybridized carbons (Fsp3) is 0.300. The summed E-state index contributed by atoms with van der Waals surface area (Å²) in [5.74, 6) is 0.970. The van der Waals surface area contributed by atoms with Crippen molar-refractivity contribution in [1.82, 2.24) is 20.5 Å². The zero-order valence-electron chi connectivity index (χ0n) is 9.11. The fourth-order valence-electron chi connectivity index (χ4n) is 1.33. The number of nitrogens with zero attached hydrogens (tertiary/aromatic N) is 2. The highest BCUT2D eigenvalue weighted by Gasteiger charge is 2.14. The van der Waals surface area contributed by atoms with E-state index in [2.05, 4.69) is 20.5 Å². The Morgan fingerprint density at radius 3 is 3.18 bits per heavy atom. The number of halogens is 1. The number of thiophene rings is 1. The van der Waals surface area contributed by atoms with Gasteiger partial charge < -0.3 is 5.32 Å². The standard InChI is InChI=1S/C10H11ClN4OS/c1-6(12-8(16)5-11)9-13-10(15-14-9)7-3-2-4-17-7/h2-4,6H,5H2,1H3,(H,12,16)(H,13,14,15).